The zero-order valence-electron chi connectivity index (χ0n) is 13.4. The number of rotatable bonds is 7. The van der Waals surface area contributed by atoms with Gasteiger partial charge in [0.2, 0.25) is 5.91 Å². The van der Waals surface area contributed by atoms with Crippen molar-refractivity contribution in [3.63, 3.8) is 0 Å². The molecule has 2 unspecified atom stereocenters. The highest BCUT2D eigenvalue weighted by Crippen LogP contribution is 2.26. The number of benzene rings is 1. The molecule has 0 spiro atoms. The molecule has 0 aromatic heterocycles. The van der Waals surface area contributed by atoms with Gasteiger partial charge in [-0.25, -0.2) is 0 Å². The topological polar surface area (TPSA) is 35.6 Å². The van der Waals surface area contributed by atoms with E-state index in [1.54, 1.807) is 0 Å². The lowest BCUT2D eigenvalue weighted by Gasteiger charge is -2.24. The summed E-state index contributed by atoms with van der Waals surface area (Å²) in [6.07, 6.45) is 3.28. The molecule has 0 saturated carbocycles. The maximum atomic E-state index is 12.7. The van der Waals surface area contributed by atoms with Crippen molar-refractivity contribution in [1.29, 1.82) is 0 Å². The smallest absolute Gasteiger partial charge is 0.245 e. The molecule has 0 bridgehead atoms. The average Bonchev–Trinajstić information content (AvgIpc) is 2.77. The second-order valence-corrected chi connectivity index (χ2v) is 6.00. The quantitative estimate of drug-likeness (QED) is 0.836. The predicted molar refractivity (Wildman–Crippen MR) is 85.9 cm³/mol. The third kappa shape index (κ3) is 4.05. The molecule has 2 rings (SSSR count). The highest BCUT2D eigenvalue weighted by atomic mass is 16.2. The number of carbonyl (C=O) groups excluding carboxylic acids is 1. The second-order valence-electron chi connectivity index (χ2n) is 6.00. The summed E-state index contributed by atoms with van der Waals surface area (Å²) in [5.41, 5.74) is 1.07. The Morgan fingerprint density at radius 1 is 1.24 bits per heavy atom. The fraction of sp³-hybridized carbons (Fsp3) is 0.588. The minimum absolute atomic E-state index is 0.176. The normalized spacial score (nSPS) is 22.3. The van der Waals surface area contributed by atoms with Gasteiger partial charge in [0, 0.05) is 6.54 Å². The molecule has 1 heterocycles. The third-order valence-corrected chi connectivity index (χ3v) is 3.96. The Morgan fingerprint density at radius 2 is 1.95 bits per heavy atom. The first-order valence-electron chi connectivity index (χ1n) is 7.89. The average molecular weight is 289 g/mol. The van der Waals surface area contributed by atoms with Crippen molar-refractivity contribution in [2.24, 2.45) is 0 Å². The van der Waals surface area contributed by atoms with Gasteiger partial charge >= 0.3 is 0 Å². The molecule has 1 amide bonds. The highest BCUT2D eigenvalue weighted by Gasteiger charge is 2.38. The van der Waals surface area contributed by atoms with Crippen LogP contribution < -0.4 is 5.32 Å². The lowest BCUT2D eigenvalue weighted by atomic mass is 10.1. The van der Waals surface area contributed by atoms with E-state index in [1.165, 1.54) is 0 Å². The van der Waals surface area contributed by atoms with E-state index in [-0.39, 0.29) is 18.1 Å². The molecule has 2 atom stereocenters. The number of nitrogens with one attached hydrogen (secondary N) is 1. The molecule has 21 heavy (non-hydrogen) atoms. The first-order valence-corrected chi connectivity index (χ1v) is 7.89. The summed E-state index contributed by atoms with van der Waals surface area (Å²) in [6, 6.07) is 9.86. The highest BCUT2D eigenvalue weighted by molar-refractivity contribution is 5.85. The minimum Gasteiger partial charge on any atom is -0.325 e. The van der Waals surface area contributed by atoms with Crippen LogP contribution in [0.15, 0.2) is 30.3 Å². The van der Waals surface area contributed by atoms with Gasteiger partial charge in [-0.15, -0.1) is 0 Å². The number of hydrogen-bond donors (Lipinski definition) is 1. The molecule has 1 aromatic rings. The number of amides is 1. The summed E-state index contributed by atoms with van der Waals surface area (Å²) in [4.78, 5) is 16.9. The van der Waals surface area contributed by atoms with Crippen molar-refractivity contribution in [1.82, 2.24) is 15.1 Å². The zero-order chi connectivity index (χ0) is 15.2. The fourth-order valence-corrected chi connectivity index (χ4v) is 2.89. The van der Waals surface area contributed by atoms with Gasteiger partial charge in [-0.3, -0.25) is 10.1 Å². The lowest BCUT2D eigenvalue weighted by molar-refractivity contribution is -0.130. The number of hydrogen-bond acceptors (Lipinski definition) is 3. The molecule has 4 nitrogen and oxygen atoms in total. The van der Waals surface area contributed by atoms with Gasteiger partial charge in [0.15, 0.2) is 0 Å². The lowest BCUT2D eigenvalue weighted by Crippen LogP contribution is -2.38. The molecular weight excluding hydrogens is 262 g/mol. The molecule has 0 radical (unpaired) electrons. The van der Waals surface area contributed by atoms with Crippen LogP contribution in [-0.2, 0) is 4.79 Å². The van der Waals surface area contributed by atoms with Gasteiger partial charge in [-0.2, -0.15) is 0 Å². The molecule has 1 fully saturated rings. The molecule has 1 saturated heterocycles. The molecular formula is C17H27N3O. The van der Waals surface area contributed by atoms with Crippen molar-refractivity contribution >= 4 is 5.91 Å². The predicted octanol–water partition coefficient (Wildman–Crippen LogP) is 2.24. The van der Waals surface area contributed by atoms with Crippen LogP contribution in [0.4, 0.5) is 0 Å². The van der Waals surface area contributed by atoms with Crippen LogP contribution in [0.3, 0.4) is 0 Å². The van der Waals surface area contributed by atoms with E-state index in [0.717, 1.165) is 37.9 Å². The van der Waals surface area contributed by atoms with Crippen LogP contribution >= 0.6 is 0 Å². The van der Waals surface area contributed by atoms with Crippen LogP contribution in [-0.4, -0.2) is 49.1 Å². The van der Waals surface area contributed by atoms with Crippen LogP contribution in [0, 0.1) is 0 Å². The van der Waals surface area contributed by atoms with Gasteiger partial charge in [0.05, 0.1) is 6.17 Å². The van der Waals surface area contributed by atoms with Crippen LogP contribution in [0.2, 0.25) is 0 Å². The largest absolute Gasteiger partial charge is 0.325 e. The standard InChI is InChI=1S/C17H27N3O/c1-4-9-15-18-16(14-10-6-5-7-11-14)17(21)20(15)13-8-12-19(2)3/h5-7,10-11,15-16,18H,4,8-9,12-13H2,1-3H3. The Balaban J connectivity index is 2.05. The first kappa shape index (κ1) is 16.0. The van der Waals surface area contributed by atoms with E-state index in [1.807, 2.05) is 35.2 Å². The SMILES string of the molecule is CCCC1NC(c2ccccc2)C(=O)N1CCCN(C)C. The molecule has 1 aliphatic heterocycles. The number of carbonyl (C=O) groups is 1. The maximum absolute atomic E-state index is 12.7. The summed E-state index contributed by atoms with van der Waals surface area (Å²) in [5.74, 6) is 0.221. The van der Waals surface area contributed by atoms with E-state index in [9.17, 15) is 4.79 Å². The summed E-state index contributed by atoms with van der Waals surface area (Å²) in [5, 5.41) is 3.51. The second kappa shape index (κ2) is 7.57. The van der Waals surface area contributed by atoms with Gasteiger partial charge < -0.3 is 9.80 Å². The minimum atomic E-state index is -0.179. The molecule has 1 N–H and O–H groups in total. The Bertz CT molecular complexity index is 447. The van der Waals surface area contributed by atoms with Gasteiger partial charge in [0.25, 0.3) is 0 Å². The van der Waals surface area contributed by atoms with Crippen molar-refractivity contribution in [3.8, 4) is 0 Å². The van der Waals surface area contributed by atoms with E-state index in [0.29, 0.717) is 0 Å². The van der Waals surface area contributed by atoms with E-state index in [4.69, 9.17) is 0 Å². The zero-order valence-corrected chi connectivity index (χ0v) is 13.4. The molecule has 4 heteroatoms. The fourth-order valence-electron chi connectivity index (χ4n) is 2.89. The Labute approximate surface area is 128 Å². The Kier molecular flexibility index (Phi) is 5.76. The van der Waals surface area contributed by atoms with E-state index >= 15 is 0 Å². The van der Waals surface area contributed by atoms with Crippen LogP contribution in [0.5, 0.6) is 0 Å². The molecule has 1 aliphatic rings. The summed E-state index contributed by atoms with van der Waals surface area (Å²) < 4.78 is 0. The number of nitrogens with zero attached hydrogens (tertiary/aromatic N) is 2. The summed E-state index contributed by atoms with van der Waals surface area (Å²) >= 11 is 0. The van der Waals surface area contributed by atoms with Crippen LogP contribution in [0.25, 0.3) is 0 Å². The molecule has 0 aliphatic carbocycles. The summed E-state index contributed by atoms with van der Waals surface area (Å²) in [7, 11) is 4.14. The first-order chi connectivity index (χ1) is 10.1. The monoisotopic (exact) mass is 289 g/mol. The van der Waals surface area contributed by atoms with Gasteiger partial charge in [-0.05, 0) is 39.0 Å². The van der Waals surface area contributed by atoms with Crippen molar-refractivity contribution in [2.75, 3.05) is 27.2 Å². The Hall–Kier alpha value is -1.39. The molecule has 1 aromatic carbocycles. The van der Waals surface area contributed by atoms with Crippen molar-refractivity contribution in [3.05, 3.63) is 35.9 Å². The van der Waals surface area contributed by atoms with Crippen LogP contribution in [0.1, 0.15) is 37.8 Å². The molecule has 116 valence electrons. The third-order valence-electron chi connectivity index (χ3n) is 3.96. The maximum Gasteiger partial charge on any atom is 0.245 e. The van der Waals surface area contributed by atoms with Crippen molar-refractivity contribution in [2.45, 2.75) is 38.4 Å². The van der Waals surface area contributed by atoms with Crippen molar-refractivity contribution < 1.29 is 4.79 Å². The summed E-state index contributed by atoms with van der Waals surface area (Å²) in [6.45, 7) is 4.01. The Morgan fingerprint density at radius 3 is 2.57 bits per heavy atom. The van der Waals surface area contributed by atoms with E-state index in [2.05, 4.69) is 31.2 Å². The van der Waals surface area contributed by atoms with E-state index < -0.39 is 0 Å². The van der Waals surface area contributed by atoms with Gasteiger partial charge in [-0.1, -0.05) is 43.7 Å². The van der Waals surface area contributed by atoms with Gasteiger partial charge in [0.1, 0.15) is 6.04 Å².